The molecule has 20 heavy (non-hydrogen) atoms. The van der Waals surface area contributed by atoms with E-state index in [2.05, 4.69) is 63.3 Å². The van der Waals surface area contributed by atoms with Gasteiger partial charge in [-0.15, -0.1) is 0 Å². The van der Waals surface area contributed by atoms with Gasteiger partial charge >= 0.3 is 0 Å². The number of nitrogens with one attached hydrogen (secondary N) is 1. The Bertz CT molecular complexity index is 337. The first kappa shape index (κ1) is 17.2. The predicted molar refractivity (Wildman–Crippen MR) is 89.9 cm³/mol. The zero-order valence-electron chi connectivity index (χ0n) is 13.9. The molecular weight excluding hydrogens is 242 g/mol. The molecular formula is C19H33N. The van der Waals surface area contributed by atoms with E-state index < -0.39 is 0 Å². The Morgan fingerprint density at radius 3 is 2.35 bits per heavy atom. The normalized spacial score (nSPS) is 13.4. The van der Waals surface area contributed by atoms with Gasteiger partial charge in [-0.25, -0.2) is 0 Å². The minimum absolute atomic E-state index is 0.470. The molecule has 0 aliphatic rings. The molecule has 0 aliphatic heterocycles. The Morgan fingerprint density at radius 2 is 1.75 bits per heavy atom. The van der Waals surface area contributed by atoms with Gasteiger partial charge in [0.15, 0.2) is 0 Å². The van der Waals surface area contributed by atoms with Crippen LogP contribution < -0.4 is 5.32 Å². The van der Waals surface area contributed by atoms with Crippen LogP contribution in [0, 0.1) is 11.3 Å². The zero-order chi connectivity index (χ0) is 14.8. The molecule has 1 nitrogen and oxygen atoms in total. The summed E-state index contributed by atoms with van der Waals surface area (Å²) in [6.07, 6.45) is 6.73. The van der Waals surface area contributed by atoms with Crippen molar-refractivity contribution < 1.29 is 0 Å². The van der Waals surface area contributed by atoms with Crippen molar-refractivity contribution in [3.63, 3.8) is 0 Å². The van der Waals surface area contributed by atoms with Crippen LogP contribution >= 0.6 is 0 Å². The van der Waals surface area contributed by atoms with Crippen molar-refractivity contribution in [2.45, 2.75) is 66.3 Å². The molecule has 0 saturated heterocycles. The van der Waals surface area contributed by atoms with Gasteiger partial charge in [0.25, 0.3) is 0 Å². The van der Waals surface area contributed by atoms with Crippen LogP contribution in [0.15, 0.2) is 30.3 Å². The maximum absolute atomic E-state index is 3.56. The van der Waals surface area contributed by atoms with E-state index in [-0.39, 0.29) is 0 Å². The summed E-state index contributed by atoms with van der Waals surface area (Å²) in [6, 6.07) is 10.7. The van der Waals surface area contributed by atoms with E-state index in [0.717, 1.165) is 19.0 Å². The summed E-state index contributed by atoms with van der Waals surface area (Å²) < 4.78 is 0. The lowest BCUT2D eigenvalue weighted by molar-refractivity contribution is 0.265. The van der Waals surface area contributed by atoms with Crippen molar-refractivity contribution in [3.8, 4) is 0 Å². The van der Waals surface area contributed by atoms with Crippen molar-refractivity contribution in [1.29, 1.82) is 0 Å². The van der Waals surface area contributed by atoms with Gasteiger partial charge in [0, 0.05) is 6.54 Å². The predicted octanol–water partition coefficient (Wildman–Crippen LogP) is 5.41. The van der Waals surface area contributed by atoms with E-state index in [1.54, 1.807) is 0 Å². The fourth-order valence-corrected chi connectivity index (χ4v) is 2.97. The van der Waals surface area contributed by atoms with Crippen molar-refractivity contribution in [2.75, 3.05) is 6.54 Å². The Hall–Kier alpha value is -0.820. The Labute approximate surface area is 126 Å². The summed E-state index contributed by atoms with van der Waals surface area (Å²) in [5.41, 5.74) is 1.85. The highest BCUT2D eigenvalue weighted by molar-refractivity contribution is 5.14. The number of hydrogen-bond donors (Lipinski definition) is 1. The largest absolute Gasteiger partial charge is 0.313 e. The standard InChI is InChI=1S/C19H33N/c1-5-10-17(15-19(2,3)4)13-9-14-20-16-18-11-7-6-8-12-18/h6-8,11-12,17,20H,5,9-10,13-16H2,1-4H3. The molecule has 0 bridgehead atoms. The van der Waals surface area contributed by atoms with E-state index in [4.69, 9.17) is 0 Å². The lowest BCUT2D eigenvalue weighted by atomic mass is 9.81. The number of benzene rings is 1. The molecule has 1 heteroatoms. The van der Waals surface area contributed by atoms with Crippen LogP contribution in [0.4, 0.5) is 0 Å². The third-order valence-corrected chi connectivity index (χ3v) is 3.74. The van der Waals surface area contributed by atoms with Crippen LogP contribution in [-0.4, -0.2) is 6.54 Å². The molecule has 0 saturated carbocycles. The van der Waals surface area contributed by atoms with E-state index in [0.29, 0.717) is 5.41 Å². The van der Waals surface area contributed by atoms with E-state index in [1.165, 1.54) is 37.7 Å². The molecule has 1 unspecified atom stereocenters. The quantitative estimate of drug-likeness (QED) is 0.594. The van der Waals surface area contributed by atoms with Crippen molar-refractivity contribution in [3.05, 3.63) is 35.9 Å². The molecule has 1 aromatic rings. The summed E-state index contributed by atoms with van der Waals surface area (Å²) in [6.45, 7) is 11.5. The molecule has 0 aromatic heterocycles. The summed E-state index contributed by atoms with van der Waals surface area (Å²) >= 11 is 0. The molecule has 1 rings (SSSR count). The van der Waals surface area contributed by atoms with Gasteiger partial charge in [-0.2, -0.15) is 0 Å². The van der Waals surface area contributed by atoms with Gasteiger partial charge in [-0.3, -0.25) is 0 Å². The fraction of sp³-hybridized carbons (Fsp3) is 0.684. The highest BCUT2D eigenvalue weighted by atomic mass is 14.8. The molecule has 0 radical (unpaired) electrons. The van der Waals surface area contributed by atoms with Crippen molar-refractivity contribution >= 4 is 0 Å². The van der Waals surface area contributed by atoms with Crippen LogP contribution in [0.2, 0.25) is 0 Å². The molecule has 0 spiro atoms. The van der Waals surface area contributed by atoms with Gasteiger partial charge in [0.2, 0.25) is 0 Å². The highest BCUT2D eigenvalue weighted by Crippen LogP contribution is 2.29. The first-order valence-corrected chi connectivity index (χ1v) is 8.26. The Kier molecular flexibility index (Phi) is 7.91. The zero-order valence-corrected chi connectivity index (χ0v) is 13.9. The van der Waals surface area contributed by atoms with Crippen molar-refractivity contribution in [1.82, 2.24) is 5.32 Å². The highest BCUT2D eigenvalue weighted by Gasteiger charge is 2.17. The average molecular weight is 275 g/mol. The molecule has 0 amide bonds. The molecule has 114 valence electrons. The third kappa shape index (κ3) is 8.37. The van der Waals surface area contributed by atoms with Crippen LogP contribution in [-0.2, 0) is 6.54 Å². The van der Waals surface area contributed by atoms with Crippen LogP contribution in [0.3, 0.4) is 0 Å². The SMILES string of the molecule is CCCC(CCCNCc1ccccc1)CC(C)(C)C. The Morgan fingerprint density at radius 1 is 1.05 bits per heavy atom. The van der Waals surface area contributed by atoms with Crippen molar-refractivity contribution in [2.24, 2.45) is 11.3 Å². The Balaban J connectivity index is 2.17. The van der Waals surface area contributed by atoms with E-state index in [1.807, 2.05) is 0 Å². The first-order chi connectivity index (χ1) is 9.51. The second-order valence-electron chi connectivity index (χ2n) is 7.22. The summed E-state index contributed by atoms with van der Waals surface area (Å²) in [5, 5.41) is 3.56. The molecule has 1 N–H and O–H groups in total. The summed E-state index contributed by atoms with van der Waals surface area (Å²) in [7, 11) is 0. The fourth-order valence-electron chi connectivity index (χ4n) is 2.97. The molecule has 1 aromatic carbocycles. The summed E-state index contributed by atoms with van der Waals surface area (Å²) in [5.74, 6) is 0.901. The first-order valence-electron chi connectivity index (χ1n) is 8.26. The second-order valence-corrected chi connectivity index (χ2v) is 7.22. The lowest BCUT2D eigenvalue weighted by Gasteiger charge is -2.26. The number of hydrogen-bond acceptors (Lipinski definition) is 1. The minimum atomic E-state index is 0.470. The molecule has 0 fully saturated rings. The molecule has 0 aliphatic carbocycles. The van der Waals surface area contributed by atoms with Crippen LogP contribution in [0.5, 0.6) is 0 Å². The maximum Gasteiger partial charge on any atom is 0.0205 e. The van der Waals surface area contributed by atoms with Crippen LogP contribution in [0.25, 0.3) is 0 Å². The second kappa shape index (κ2) is 9.18. The lowest BCUT2D eigenvalue weighted by Crippen LogP contribution is -2.18. The topological polar surface area (TPSA) is 12.0 Å². The minimum Gasteiger partial charge on any atom is -0.313 e. The van der Waals surface area contributed by atoms with Gasteiger partial charge < -0.3 is 5.32 Å². The van der Waals surface area contributed by atoms with Gasteiger partial charge in [0.1, 0.15) is 0 Å². The van der Waals surface area contributed by atoms with E-state index >= 15 is 0 Å². The van der Waals surface area contributed by atoms with Gasteiger partial charge in [-0.05, 0) is 42.7 Å². The summed E-state index contributed by atoms with van der Waals surface area (Å²) in [4.78, 5) is 0. The average Bonchev–Trinajstić information content (AvgIpc) is 2.38. The maximum atomic E-state index is 3.56. The van der Waals surface area contributed by atoms with Gasteiger partial charge in [0.05, 0.1) is 0 Å². The number of rotatable bonds is 9. The van der Waals surface area contributed by atoms with E-state index in [9.17, 15) is 0 Å². The molecule has 0 heterocycles. The molecule has 1 atom stereocenters. The smallest absolute Gasteiger partial charge is 0.0205 e. The van der Waals surface area contributed by atoms with Crippen LogP contribution in [0.1, 0.15) is 65.4 Å². The monoisotopic (exact) mass is 275 g/mol. The third-order valence-electron chi connectivity index (χ3n) is 3.74. The van der Waals surface area contributed by atoms with Gasteiger partial charge in [-0.1, -0.05) is 70.9 Å².